The fourth-order valence-electron chi connectivity index (χ4n) is 2.49. The fourth-order valence-corrected chi connectivity index (χ4v) is 2.49. The Hall–Kier alpha value is -1.59. The maximum atomic E-state index is 6.11. The molecule has 0 saturated carbocycles. The second kappa shape index (κ2) is 6.24. The van der Waals surface area contributed by atoms with Crippen molar-refractivity contribution in [2.45, 2.75) is 58.5 Å². The van der Waals surface area contributed by atoms with E-state index in [0.717, 1.165) is 18.9 Å². The molecule has 6 heteroatoms. The van der Waals surface area contributed by atoms with Crippen molar-refractivity contribution in [3.05, 3.63) is 12.2 Å². The minimum atomic E-state index is -0.0846. The van der Waals surface area contributed by atoms with E-state index in [2.05, 4.69) is 40.7 Å². The van der Waals surface area contributed by atoms with E-state index in [1.165, 1.54) is 25.7 Å². The minimum absolute atomic E-state index is 0.0846. The van der Waals surface area contributed by atoms with Crippen molar-refractivity contribution in [2.24, 2.45) is 10.7 Å². The standard InChI is InChI=1S/C14H26N6/c1-14(2,3)20-12(17-11-18-20)10-16-13(15)19-8-6-4-5-7-9-19/h11H,4-10H2,1-3H3,(H2,15,16). The molecule has 1 aromatic heterocycles. The first kappa shape index (κ1) is 14.8. The molecule has 112 valence electrons. The van der Waals surface area contributed by atoms with Gasteiger partial charge in [0.15, 0.2) is 5.96 Å². The molecule has 0 unspecified atom stereocenters. The molecule has 0 aromatic carbocycles. The molecule has 20 heavy (non-hydrogen) atoms. The summed E-state index contributed by atoms with van der Waals surface area (Å²) in [6.45, 7) is 8.83. The third kappa shape index (κ3) is 3.71. The number of nitrogens with zero attached hydrogens (tertiary/aromatic N) is 5. The number of aromatic nitrogens is 3. The highest BCUT2D eigenvalue weighted by atomic mass is 15.4. The van der Waals surface area contributed by atoms with Crippen molar-refractivity contribution in [2.75, 3.05) is 13.1 Å². The summed E-state index contributed by atoms with van der Waals surface area (Å²) in [6, 6.07) is 0. The molecule has 1 fully saturated rings. The highest BCUT2D eigenvalue weighted by molar-refractivity contribution is 5.78. The molecule has 1 aliphatic rings. The summed E-state index contributed by atoms with van der Waals surface area (Å²) in [5, 5.41) is 4.27. The SMILES string of the molecule is CC(C)(C)n1ncnc1CN=C(N)N1CCCCCC1. The van der Waals surface area contributed by atoms with E-state index in [-0.39, 0.29) is 5.54 Å². The quantitative estimate of drug-likeness (QED) is 0.660. The lowest BCUT2D eigenvalue weighted by molar-refractivity contribution is 0.341. The molecule has 0 aliphatic carbocycles. The van der Waals surface area contributed by atoms with Gasteiger partial charge in [0.25, 0.3) is 0 Å². The molecule has 1 aromatic rings. The Balaban J connectivity index is 2.03. The molecule has 6 nitrogen and oxygen atoms in total. The molecule has 1 saturated heterocycles. The molecule has 0 radical (unpaired) electrons. The van der Waals surface area contributed by atoms with Gasteiger partial charge in [0.1, 0.15) is 18.7 Å². The molecular formula is C14H26N6. The van der Waals surface area contributed by atoms with Gasteiger partial charge in [-0.15, -0.1) is 0 Å². The van der Waals surface area contributed by atoms with E-state index in [4.69, 9.17) is 5.73 Å². The van der Waals surface area contributed by atoms with Crippen LogP contribution in [0.15, 0.2) is 11.3 Å². The third-order valence-corrected chi connectivity index (χ3v) is 3.57. The average Bonchev–Trinajstić information content (AvgIpc) is 2.70. The van der Waals surface area contributed by atoms with Gasteiger partial charge < -0.3 is 10.6 Å². The average molecular weight is 278 g/mol. The summed E-state index contributed by atoms with van der Waals surface area (Å²) in [7, 11) is 0. The molecule has 0 spiro atoms. The normalized spacial score (nSPS) is 18.1. The molecular weight excluding hydrogens is 252 g/mol. The van der Waals surface area contributed by atoms with Crippen molar-refractivity contribution < 1.29 is 0 Å². The van der Waals surface area contributed by atoms with Crippen molar-refractivity contribution in [1.82, 2.24) is 19.7 Å². The molecule has 2 N–H and O–H groups in total. The zero-order chi connectivity index (χ0) is 14.6. The Morgan fingerprint density at radius 3 is 2.50 bits per heavy atom. The summed E-state index contributed by atoms with van der Waals surface area (Å²) >= 11 is 0. The number of rotatable bonds is 2. The van der Waals surface area contributed by atoms with E-state index in [0.29, 0.717) is 12.5 Å². The number of likely N-dealkylation sites (tertiary alicyclic amines) is 1. The van der Waals surface area contributed by atoms with Gasteiger partial charge in [-0.3, -0.25) is 0 Å². The van der Waals surface area contributed by atoms with E-state index < -0.39 is 0 Å². The van der Waals surface area contributed by atoms with Crippen molar-refractivity contribution in [3.63, 3.8) is 0 Å². The first-order valence-corrected chi connectivity index (χ1v) is 7.43. The Morgan fingerprint density at radius 2 is 1.90 bits per heavy atom. The second-order valence-electron chi connectivity index (χ2n) is 6.33. The lowest BCUT2D eigenvalue weighted by atomic mass is 10.1. The van der Waals surface area contributed by atoms with Crippen LogP contribution in [0.2, 0.25) is 0 Å². The van der Waals surface area contributed by atoms with Crippen LogP contribution in [0.1, 0.15) is 52.3 Å². The maximum absolute atomic E-state index is 6.11. The highest BCUT2D eigenvalue weighted by Crippen LogP contribution is 2.14. The Morgan fingerprint density at radius 1 is 1.25 bits per heavy atom. The molecule has 1 aliphatic heterocycles. The van der Waals surface area contributed by atoms with Gasteiger partial charge in [0.2, 0.25) is 0 Å². The van der Waals surface area contributed by atoms with Crippen molar-refractivity contribution in [1.29, 1.82) is 0 Å². The van der Waals surface area contributed by atoms with Gasteiger partial charge in [-0.25, -0.2) is 14.7 Å². The fraction of sp³-hybridized carbons (Fsp3) is 0.786. The Bertz CT molecular complexity index is 448. The van der Waals surface area contributed by atoms with Crippen LogP contribution in [-0.2, 0) is 12.1 Å². The number of aliphatic imine (C=N–C) groups is 1. The van der Waals surface area contributed by atoms with E-state index >= 15 is 0 Å². The Labute approximate surface area is 121 Å². The number of nitrogens with two attached hydrogens (primary N) is 1. The van der Waals surface area contributed by atoms with Crippen LogP contribution in [0.4, 0.5) is 0 Å². The van der Waals surface area contributed by atoms with Gasteiger partial charge in [0, 0.05) is 13.1 Å². The van der Waals surface area contributed by atoms with Crippen LogP contribution >= 0.6 is 0 Å². The number of hydrogen-bond acceptors (Lipinski definition) is 3. The molecule has 0 atom stereocenters. The molecule has 0 amide bonds. The van der Waals surface area contributed by atoms with Crippen molar-refractivity contribution in [3.8, 4) is 0 Å². The van der Waals surface area contributed by atoms with E-state index in [9.17, 15) is 0 Å². The van der Waals surface area contributed by atoms with Crippen LogP contribution in [0, 0.1) is 0 Å². The van der Waals surface area contributed by atoms with Crippen molar-refractivity contribution >= 4 is 5.96 Å². The van der Waals surface area contributed by atoms with Crippen LogP contribution in [0.25, 0.3) is 0 Å². The van der Waals surface area contributed by atoms with Crippen LogP contribution in [0.5, 0.6) is 0 Å². The molecule has 2 heterocycles. The first-order valence-electron chi connectivity index (χ1n) is 7.43. The second-order valence-corrected chi connectivity index (χ2v) is 6.33. The van der Waals surface area contributed by atoms with Crippen LogP contribution in [-0.4, -0.2) is 38.7 Å². The number of hydrogen-bond donors (Lipinski definition) is 1. The summed E-state index contributed by atoms with van der Waals surface area (Å²) in [5.74, 6) is 1.49. The summed E-state index contributed by atoms with van der Waals surface area (Å²) in [4.78, 5) is 11.0. The number of guanidine groups is 1. The van der Waals surface area contributed by atoms with Gasteiger partial charge in [-0.2, -0.15) is 5.10 Å². The monoisotopic (exact) mass is 278 g/mol. The van der Waals surface area contributed by atoms with Gasteiger partial charge in [0.05, 0.1) is 5.54 Å². The molecule has 2 rings (SSSR count). The largest absolute Gasteiger partial charge is 0.370 e. The van der Waals surface area contributed by atoms with Crippen LogP contribution in [0.3, 0.4) is 0 Å². The van der Waals surface area contributed by atoms with Gasteiger partial charge in [-0.05, 0) is 33.6 Å². The lowest BCUT2D eigenvalue weighted by Crippen LogP contribution is -2.38. The minimum Gasteiger partial charge on any atom is -0.370 e. The van der Waals surface area contributed by atoms with Gasteiger partial charge >= 0.3 is 0 Å². The van der Waals surface area contributed by atoms with E-state index in [1.54, 1.807) is 6.33 Å². The first-order chi connectivity index (χ1) is 9.48. The summed E-state index contributed by atoms with van der Waals surface area (Å²) in [6.07, 6.45) is 6.57. The predicted molar refractivity (Wildman–Crippen MR) is 80.4 cm³/mol. The highest BCUT2D eigenvalue weighted by Gasteiger charge is 2.18. The summed E-state index contributed by atoms with van der Waals surface area (Å²) < 4.78 is 1.91. The lowest BCUT2D eigenvalue weighted by Gasteiger charge is -2.22. The van der Waals surface area contributed by atoms with Crippen LogP contribution < -0.4 is 5.73 Å². The Kier molecular flexibility index (Phi) is 4.62. The topological polar surface area (TPSA) is 72.3 Å². The van der Waals surface area contributed by atoms with E-state index in [1.807, 2.05) is 4.68 Å². The zero-order valence-electron chi connectivity index (χ0n) is 12.8. The predicted octanol–water partition coefficient (Wildman–Crippen LogP) is 1.72. The maximum Gasteiger partial charge on any atom is 0.191 e. The smallest absolute Gasteiger partial charge is 0.191 e. The molecule has 0 bridgehead atoms. The summed E-state index contributed by atoms with van der Waals surface area (Å²) in [5.41, 5.74) is 6.03. The third-order valence-electron chi connectivity index (χ3n) is 3.57. The zero-order valence-corrected chi connectivity index (χ0v) is 12.8. The van der Waals surface area contributed by atoms with Gasteiger partial charge in [-0.1, -0.05) is 12.8 Å².